The van der Waals surface area contributed by atoms with Gasteiger partial charge in [-0.15, -0.1) is 0 Å². The Balaban J connectivity index is 0.000000817. The molecule has 3 rings (SSSR count). The van der Waals surface area contributed by atoms with Crippen LogP contribution in [0, 0.1) is 0 Å². The molecule has 0 saturated heterocycles. The van der Waals surface area contributed by atoms with Crippen LogP contribution in [0.3, 0.4) is 0 Å². The highest BCUT2D eigenvalue weighted by atomic mass is 32.2. The summed E-state index contributed by atoms with van der Waals surface area (Å²) in [6.07, 6.45) is 0.250. The van der Waals surface area contributed by atoms with Gasteiger partial charge in [0.15, 0.2) is 11.6 Å². The van der Waals surface area contributed by atoms with Crippen LogP contribution in [0.25, 0.3) is 0 Å². The van der Waals surface area contributed by atoms with E-state index in [1.165, 1.54) is 24.3 Å². The van der Waals surface area contributed by atoms with E-state index in [2.05, 4.69) is 0 Å². The Morgan fingerprint density at radius 2 is 0.963 bits per heavy atom. The molecule has 1 aliphatic carbocycles. The summed E-state index contributed by atoms with van der Waals surface area (Å²) in [5, 5.41) is 0. The molecule has 0 fully saturated rings. The highest BCUT2D eigenvalue weighted by Crippen LogP contribution is 2.35. The minimum atomic E-state index is -4.91. The molecule has 0 radical (unpaired) electrons. The molecule has 10 nitrogen and oxygen atoms in total. The van der Waals surface area contributed by atoms with Crippen molar-refractivity contribution in [2.75, 3.05) is 0 Å². The van der Waals surface area contributed by atoms with Crippen LogP contribution in [-0.2, 0) is 29.8 Å². The van der Waals surface area contributed by atoms with E-state index in [9.17, 15) is 35.5 Å². The van der Waals surface area contributed by atoms with Crippen molar-refractivity contribution in [2.24, 2.45) is 0 Å². The first-order valence-electron chi connectivity index (χ1n) is 6.74. The summed E-state index contributed by atoms with van der Waals surface area (Å²) in [5.41, 5.74) is -1.83. The molecule has 0 amide bonds. The third-order valence-electron chi connectivity index (χ3n) is 3.56. The van der Waals surface area contributed by atoms with E-state index in [1.807, 2.05) is 0 Å². The molecule has 0 atom stereocenters. The fourth-order valence-electron chi connectivity index (χ4n) is 2.59. The fourth-order valence-corrected chi connectivity index (χ4v) is 3.98. The molecule has 1 aliphatic rings. The van der Waals surface area contributed by atoms with E-state index in [0.717, 1.165) is 0 Å². The lowest BCUT2D eigenvalue weighted by atomic mass is 9.84. The van der Waals surface area contributed by atoms with E-state index < -0.39 is 52.7 Å². The molecule has 0 aromatic heterocycles. The van der Waals surface area contributed by atoms with Gasteiger partial charge in [-0.05, 0) is 12.1 Å². The molecule has 12 heteroatoms. The van der Waals surface area contributed by atoms with Crippen LogP contribution in [-0.4, -0.2) is 43.7 Å². The first kappa shape index (κ1) is 20.3. The van der Waals surface area contributed by atoms with Crippen molar-refractivity contribution in [3.05, 3.63) is 58.7 Å². The minimum Gasteiger partial charge on any atom is -0.289 e. The summed E-state index contributed by atoms with van der Waals surface area (Å²) < 4.78 is 64.6. The number of ketones is 2. The second kappa shape index (κ2) is 6.95. The average Bonchev–Trinajstić information content (AvgIpc) is 2.57. The van der Waals surface area contributed by atoms with Gasteiger partial charge in [0.1, 0.15) is 9.79 Å². The first-order valence-corrected chi connectivity index (χ1v) is 9.62. The van der Waals surface area contributed by atoms with Gasteiger partial charge in [-0.2, -0.15) is 26.4 Å². The van der Waals surface area contributed by atoms with Gasteiger partial charge in [0.25, 0.3) is 20.2 Å². The lowest BCUT2D eigenvalue weighted by molar-refractivity contribution is -0.191. The Kier molecular flexibility index (Phi) is 5.22. The molecule has 2 N–H and O–H groups in total. The number of rotatable bonds is 2. The van der Waals surface area contributed by atoms with Crippen LogP contribution in [0.4, 0.5) is 0 Å². The smallest absolute Gasteiger partial charge is 0.289 e. The van der Waals surface area contributed by atoms with E-state index in [0.29, 0.717) is 12.1 Å². The Morgan fingerprint density at radius 3 is 1.22 bits per heavy atom. The summed E-state index contributed by atoms with van der Waals surface area (Å²) in [5.74, 6) is -1.89. The number of fused-ring (bicyclic) bond motifs is 2. The van der Waals surface area contributed by atoms with Crippen molar-refractivity contribution in [1.29, 1.82) is 0 Å². The van der Waals surface area contributed by atoms with Crippen LogP contribution in [0.2, 0.25) is 0 Å². The molecule has 140 valence electrons. The molecule has 2 aromatic carbocycles. The summed E-state index contributed by atoms with van der Waals surface area (Å²) in [4.78, 5) is 39.6. The van der Waals surface area contributed by atoms with Gasteiger partial charge in [0, 0.05) is 11.1 Å². The molecule has 0 aliphatic heterocycles. The molecule has 0 bridgehead atoms. The van der Waals surface area contributed by atoms with E-state index >= 15 is 0 Å². The molecule has 27 heavy (non-hydrogen) atoms. The highest BCUT2D eigenvalue weighted by Gasteiger charge is 2.38. The number of carbonyl (C=O) groups excluding carboxylic acids is 4. The van der Waals surface area contributed by atoms with Gasteiger partial charge >= 0.3 is 6.15 Å². The Bertz CT molecular complexity index is 1130. The van der Waals surface area contributed by atoms with Gasteiger partial charge < -0.3 is 0 Å². The molecule has 0 saturated carbocycles. The number of hydrogen-bond donors (Lipinski definition) is 2. The summed E-state index contributed by atoms with van der Waals surface area (Å²) in [6, 6.07) is 6.72. The van der Waals surface area contributed by atoms with Crippen molar-refractivity contribution in [1.82, 2.24) is 0 Å². The molecular formula is C15H8O10S2. The zero-order valence-electron chi connectivity index (χ0n) is 12.9. The summed E-state index contributed by atoms with van der Waals surface area (Å²) in [7, 11) is -9.83. The van der Waals surface area contributed by atoms with Gasteiger partial charge in [0.2, 0.25) is 0 Å². The fraction of sp³-hybridized carbons (Fsp3) is 0. The molecule has 0 heterocycles. The topological polar surface area (TPSA) is 177 Å². The van der Waals surface area contributed by atoms with Crippen molar-refractivity contribution in [2.45, 2.75) is 9.79 Å². The Hall–Kier alpha value is -3.02. The lowest BCUT2D eigenvalue weighted by Gasteiger charge is -2.20. The van der Waals surface area contributed by atoms with Gasteiger partial charge in [-0.25, -0.2) is 0 Å². The molecule has 0 spiro atoms. The first-order chi connectivity index (χ1) is 12.4. The van der Waals surface area contributed by atoms with Gasteiger partial charge in [0.05, 0.1) is 11.1 Å². The largest absolute Gasteiger partial charge is 0.373 e. The third kappa shape index (κ3) is 3.60. The zero-order chi connectivity index (χ0) is 20.6. The maximum Gasteiger partial charge on any atom is 0.373 e. The van der Waals surface area contributed by atoms with Gasteiger partial charge in [-0.1, -0.05) is 24.3 Å². The average molecular weight is 412 g/mol. The molecule has 0 unspecified atom stereocenters. The number of hydrogen-bond acceptors (Lipinski definition) is 8. The van der Waals surface area contributed by atoms with E-state index in [-0.39, 0.29) is 17.3 Å². The van der Waals surface area contributed by atoms with Crippen LogP contribution in [0.1, 0.15) is 31.8 Å². The Labute approximate surface area is 151 Å². The SMILES string of the molecule is O=C1c2ccccc2C(=O)c2c(S(=O)(=O)O)ccc(S(=O)(=O)O)c21.O=C=O. The monoisotopic (exact) mass is 412 g/mol. The van der Waals surface area contributed by atoms with Crippen molar-refractivity contribution in [3.63, 3.8) is 0 Å². The predicted octanol–water partition coefficient (Wildman–Crippen LogP) is 0.372. The van der Waals surface area contributed by atoms with Crippen molar-refractivity contribution >= 4 is 38.0 Å². The van der Waals surface area contributed by atoms with Crippen molar-refractivity contribution in [3.8, 4) is 0 Å². The predicted molar refractivity (Wildman–Crippen MR) is 84.4 cm³/mol. The normalized spacial score (nSPS) is 13.0. The maximum atomic E-state index is 12.6. The summed E-state index contributed by atoms with van der Waals surface area (Å²) in [6.45, 7) is 0. The van der Waals surface area contributed by atoms with E-state index in [4.69, 9.17) is 9.59 Å². The summed E-state index contributed by atoms with van der Waals surface area (Å²) >= 11 is 0. The maximum absolute atomic E-state index is 12.6. The number of benzene rings is 2. The standard InChI is InChI=1S/C14H8O8S2.CO2/c15-13-7-3-1-2-4-8(7)14(16)12-10(24(20,21)22)6-5-9(11(12)13)23(17,18)19;2-1-3/h1-6H,(H,17,18,19)(H,20,21,22);. The van der Waals surface area contributed by atoms with Crippen LogP contribution < -0.4 is 0 Å². The minimum absolute atomic E-state index is 0.132. The second-order valence-corrected chi connectivity index (χ2v) is 7.83. The van der Waals surface area contributed by atoms with E-state index in [1.54, 1.807) is 0 Å². The van der Waals surface area contributed by atoms with Gasteiger partial charge in [-0.3, -0.25) is 18.7 Å². The number of carbonyl (C=O) groups is 2. The second-order valence-electron chi connectivity index (χ2n) is 5.05. The zero-order valence-corrected chi connectivity index (χ0v) is 14.6. The lowest BCUT2D eigenvalue weighted by Crippen LogP contribution is -2.26. The van der Waals surface area contributed by atoms with Crippen LogP contribution in [0.5, 0.6) is 0 Å². The molecular weight excluding hydrogens is 404 g/mol. The highest BCUT2D eigenvalue weighted by molar-refractivity contribution is 7.86. The Morgan fingerprint density at radius 1 is 0.667 bits per heavy atom. The quantitative estimate of drug-likeness (QED) is 0.559. The van der Waals surface area contributed by atoms with Crippen LogP contribution >= 0.6 is 0 Å². The van der Waals surface area contributed by atoms with Crippen molar-refractivity contribution < 1.29 is 45.1 Å². The third-order valence-corrected chi connectivity index (χ3v) is 5.35. The van der Waals surface area contributed by atoms with Crippen LogP contribution in [0.15, 0.2) is 46.2 Å². The molecule has 2 aromatic rings.